The van der Waals surface area contributed by atoms with Gasteiger partial charge in [-0.2, -0.15) is 8.42 Å². The summed E-state index contributed by atoms with van der Waals surface area (Å²) in [6, 6.07) is 0. The van der Waals surface area contributed by atoms with Crippen LogP contribution in [0.2, 0.25) is 0 Å². The van der Waals surface area contributed by atoms with Gasteiger partial charge in [-0.25, -0.2) is 0 Å². The standard InChI is InChI=1S/C8H15FN2O3S/c1-2-10-3-4-11-6-7(5-8(11)12)15(9,13)14/h7,10H,2-6H2,1H3. The third-order valence-electron chi connectivity index (χ3n) is 2.39. The van der Waals surface area contributed by atoms with E-state index in [2.05, 4.69) is 5.32 Å². The summed E-state index contributed by atoms with van der Waals surface area (Å²) >= 11 is 0. The fourth-order valence-electron chi connectivity index (χ4n) is 1.53. The Morgan fingerprint density at radius 3 is 2.73 bits per heavy atom. The third kappa shape index (κ3) is 3.42. The van der Waals surface area contributed by atoms with Crippen LogP contribution in [-0.2, 0) is 15.0 Å². The minimum absolute atomic E-state index is 0.0247. The van der Waals surface area contributed by atoms with Crippen molar-refractivity contribution in [1.29, 1.82) is 0 Å². The van der Waals surface area contributed by atoms with Crippen LogP contribution in [0.3, 0.4) is 0 Å². The molecule has 1 atom stereocenters. The highest BCUT2D eigenvalue weighted by atomic mass is 32.3. The predicted octanol–water partition coefficient (Wildman–Crippen LogP) is -0.504. The molecule has 1 heterocycles. The molecule has 1 aliphatic rings. The number of hydrogen-bond donors (Lipinski definition) is 1. The van der Waals surface area contributed by atoms with Crippen molar-refractivity contribution in [2.45, 2.75) is 18.6 Å². The molecule has 0 aliphatic carbocycles. The molecule has 0 aromatic rings. The van der Waals surface area contributed by atoms with Crippen LogP contribution in [0.5, 0.6) is 0 Å². The van der Waals surface area contributed by atoms with Gasteiger partial charge in [0, 0.05) is 26.1 Å². The Morgan fingerprint density at radius 2 is 2.27 bits per heavy atom. The van der Waals surface area contributed by atoms with Crippen molar-refractivity contribution in [1.82, 2.24) is 10.2 Å². The van der Waals surface area contributed by atoms with E-state index >= 15 is 0 Å². The number of halogens is 1. The van der Waals surface area contributed by atoms with E-state index in [1.807, 2.05) is 6.92 Å². The zero-order valence-corrected chi connectivity index (χ0v) is 9.39. The Labute approximate surface area is 88.8 Å². The van der Waals surface area contributed by atoms with Gasteiger partial charge < -0.3 is 10.2 Å². The van der Waals surface area contributed by atoms with Crippen LogP contribution in [0, 0.1) is 0 Å². The maximum Gasteiger partial charge on any atom is 0.307 e. The first-order valence-corrected chi connectivity index (χ1v) is 6.31. The van der Waals surface area contributed by atoms with E-state index in [0.29, 0.717) is 13.1 Å². The van der Waals surface area contributed by atoms with Crippen molar-refractivity contribution < 1.29 is 17.1 Å². The Morgan fingerprint density at radius 1 is 1.60 bits per heavy atom. The zero-order chi connectivity index (χ0) is 11.5. The van der Waals surface area contributed by atoms with E-state index in [0.717, 1.165) is 6.54 Å². The summed E-state index contributed by atoms with van der Waals surface area (Å²) in [4.78, 5) is 12.7. The van der Waals surface area contributed by atoms with Gasteiger partial charge in [-0.15, -0.1) is 3.89 Å². The van der Waals surface area contributed by atoms with Crippen molar-refractivity contribution in [3.05, 3.63) is 0 Å². The number of carbonyl (C=O) groups excluding carboxylic acids is 1. The SMILES string of the molecule is CCNCCN1CC(S(=O)(=O)F)CC1=O. The molecule has 0 radical (unpaired) electrons. The lowest BCUT2D eigenvalue weighted by molar-refractivity contribution is -0.127. The van der Waals surface area contributed by atoms with Crippen molar-refractivity contribution in [3.63, 3.8) is 0 Å². The number of likely N-dealkylation sites (N-methyl/N-ethyl adjacent to an activating group) is 1. The number of likely N-dealkylation sites (tertiary alicyclic amines) is 1. The lowest BCUT2D eigenvalue weighted by Crippen LogP contribution is -2.34. The minimum Gasteiger partial charge on any atom is -0.340 e. The largest absolute Gasteiger partial charge is 0.340 e. The van der Waals surface area contributed by atoms with E-state index in [1.54, 1.807) is 0 Å². The first-order valence-electron chi connectivity index (χ1n) is 4.87. The molecule has 1 N–H and O–H groups in total. The van der Waals surface area contributed by atoms with Crippen molar-refractivity contribution in [2.75, 3.05) is 26.2 Å². The minimum atomic E-state index is -4.58. The maximum atomic E-state index is 12.6. The molecule has 1 rings (SSSR count). The van der Waals surface area contributed by atoms with Gasteiger partial charge in [0.15, 0.2) is 0 Å². The summed E-state index contributed by atoms with van der Waals surface area (Å²) in [5.41, 5.74) is 0. The van der Waals surface area contributed by atoms with Gasteiger partial charge >= 0.3 is 10.2 Å². The average Bonchev–Trinajstić information content (AvgIpc) is 2.48. The number of amides is 1. The summed E-state index contributed by atoms with van der Waals surface area (Å²) in [6.45, 7) is 3.72. The smallest absolute Gasteiger partial charge is 0.307 e. The molecule has 1 aliphatic heterocycles. The summed E-state index contributed by atoms with van der Waals surface area (Å²) < 4.78 is 33.8. The van der Waals surface area contributed by atoms with Gasteiger partial charge in [0.2, 0.25) is 5.91 Å². The maximum absolute atomic E-state index is 12.6. The molecule has 15 heavy (non-hydrogen) atoms. The fourth-order valence-corrected chi connectivity index (χ4v) is 2.23. The van der Waals surface area contributed by atoms with Gasteiger partial charge in [-0.05, 0) is 6.54 Å². The number of carbonyl (C=O) groups is 1. The van der Waals surface area contributed by atoms with E-state index in [4.69, 9.17) is 0 Å². The van der Waals surface area contributed by atoms with Crippen LogP contribution >= 0.6 is 0 Å². The molecule has 1 saturated heterocycles. The Kier molecular flexibility index (Phi) is 4.04. The molecule has 1 amide bonds. The van der Waals surface area contributed by atoms with E-state index in [-0.39, 0.29) is 18.9 Å². The molecule has 0 aromatic carbocycles. The van der Waals surface area contributed by atoms with Crippen LogP contribution < -0.4 is 5.32 Å². The zero-order valence-electron chi connectivity index (χ0n) is 8.57. The molecule has 1 fully saturated rings. The molecule has 0 saturated carbocycles. The second kappa shape index (κ2) is 4.89. The van der Waals surface area contributed by atoms with Crippen LogP contribution in [0.1, 0.15) is 13.3 Å². The highest BCUT2D eigenvalue weighted by Gasteiger charge is 2.37. The highest BCUT2D eigenvalue weighted by Crippen LogP contribution is 2.18. The Balaban J connectivity index is 2.46. The van der Waals surface area contributed by atoms with E-state index < -0.39 is 15.5 Å². The van der Waals surface area contributed by atoms with Crippen molar-refractivity contribution in [2.24, 2.45) is 0 Å². The monoisotopic (exact) mass is 238 g/mol. The highest BCUT2D eigenvalue weighted by molar-refractivity contribution is 7.87. The van der Waals surface area contributed by atoms with Crippen LogP contribution in [-0.4, -0.2) is 50.7 Å². The molecular weight excluding hydrogens is 223 g/mol. The Bertz CT molecular complexity index is 331. The summed E-state index contributed by atoms with van der Waals surface area (Å²) in [7, 11) is -4.58. The number of nitrogens with zero attached hydrogens (tertiary/aromatic N) is 1. The Hall–Kier alpha value is -0.690. The average molecular weight is 238 g/mol. The molecule has 0 spiro atoms. The van der Waals surface area contributed by atoms with E-state index in [1.165, 1.54) is 4.90 Å². The summed E-state index contributed by atoms with van der Waals surface area (Å²) in [5.74, 6) is -0.292. The summed E-state index contributed by atoms with van der Waals surface area (Å²) in [6.07, 6.45) is -0.231. The fraction of sp³-hybridized carbons (Fsp3) is 0.875. The van der Waals surface area contributed by atoms with Crippen molar-refractivity contribution in [3.8, 4) is 0 Å². The first-order chi connectivity index (χ1) is 6.95. The van der Waals surface area contributed by atoms with E-state index in [9.17, 15) is 17.1 Å². The molecule has 7 heteroatoms. The lowest BCUT2D eigenvalue weighted by Gasteiger charge is -2.15. The predicted molar refractivity (Wildman–Crippen MR) is 53.6 cm³/mol. The third-order valence-corrected chi connectivity index (χ3v) is 3.50. The summed E-state index contributed by atoms with van der Waals surface area (Å²) in [5, 5.41) is 1.84. The number of hydrogen-bond acceptors (Lipinski definition) is 4. The normalized spacial score (nSPS) is 22.4. The van der Waals surface area contributed by atoms with Crippen LogP contribution in [0.15, 0.2) is 0 Å². The van der Waals surface area contributed by atoms with Gasteiger partial charge in [-0.3, -0.25) is 4.79 Å². The van der Waals surface area contributed by atoms with Gasteiger partial charge in [0.05, 0.1) is 0 Å². The van der Waals surface area contributed by atoms with Crippen molar-refractivity contribution >= 4 is 16.1 Å². The van der Waals surface area contributed by atoms with Crippen LogP contribution in [0.4, 0.5) is 3.89 Å². The lowest BCUT2D eigenvalue weighted by atomic mass is 10.4. The quantitative estimate of drug-likeness (QED) is 0.518. The number of rotatable bonds is 5. The second-order valence-electron chi connectivity index (χ2n) is 3.50. The molecule has 0 bridgehead atoms. The topological polar surface area (TPSA) is 66.5 Å². The van der Waals surface area contributed by atoms with Gasteiger partial charge in [-0.1, -0.05) is 6.92 Å². The molecule has 1 unspecified atom stereocenters. The second-order valence-corrected chi connectivity index (χ2v) is 5.11. The first kappa shape index (κ1) is 12.4. The molecule has 88 valence electrons. The number of nitrogens with one attached hydrogen (secondary N) is 1. The van der Waals surface area contributed by atoms with Gasteiger partial charge in [0.1, 0.15) is 5.25 Å². The van der Waals surface area contributed by atoms with Crippen LogP contribution in [0.25, 0.3) is 0 Å². The molecule has 5 nitrogen and oxygen atoms in total. The van der Waals surface area contributed by atoms with Gasteiger partial charge in [0.25, 0.3) is 0 Å². The molecule has 0 aromatic heterocycles. The molecular formula is C8H15FN2O3S.